The number of hydrogen-bond donors (Lipinski definition) is 1. The molecule has 1 heterocycles. The predicted octanol–water partition coefficient (Wildman–Crippen LogP) is 1.79. The number of primary sulfonamides is 1. The van der Waals surface area contributed by atoms with Gasteiger partial charge in [0.2, 0.25) is 10.0 Å². The van der Waals surface area contributed by atoms with Crippen LogP contribution < -0.4 is 9.94 Å². The van der Waals surface area contributed by atoms with E-state index in [9.17, 15) is 17.6 Å². The highest BCUT2D eigenvalue weighted by Gasteiger charge is 2.13. The van der Waals surface area contributed by atoms with E-state index in [0.717, 1.165) is 11.3 Å². The van der Waals surface area contributed by atoms with Crippen molar-refractivity contribution in [3.05, 3.63) is 58.6 Å². The molecule has 0 radical (unpaired) electrons. The van der Waals surface area contributed by atoms with Crippen LogP contribution in [0.15, 0.2) is 52.4 Å². The van der Waals surface area contributed by atoms with Crippen molar-refractivity contribution in [2.45, 2.75) is 17.9 Å². The molecular weight excluding hydrogens is 389 g/mol. The van der Waals surface area contributed by atoms with Gasteiger partial charge in [-0.15, -0.1) is 6.42 Å². The summed E-state index contributed by atoms with van der Waals surface area (Å²) in [6.45, 7) is 0.164. The molecule has 0 aliphatic carbocycles. The van der Waals surface area contributed by atoms with E-state index in [2.05, 4.69) is 10.9 Å². The Kier molecular flexibility index (Phi) is 5.23. The first-order valence-corrected chi connectivity index (χ1v) is 10.1. The van der Waals surface area contributed by atoms with E-state index in [1.165, 1.54) is 36.4 Å². The number of sulfonamides is 1. The largest absolute Gasteiger partial charge is 0.305 e. The first kappa shape index (κ1) is 19.0. The lowest BCUT2D eigenvalue weighted by Crippen LogP contribution is -2.17. The SMILES string of the molecule is C#CCn1c(=NC(=O)Cc2ccc(F)cc2)sc2cc(S(N)(=O)=O)ccc21. The van der Waals surface area contributed by atoms with E-state index < -0.39 is 15.9 Å². The molecule has 0 saturated heterocycles. The predicted molar refractivity (Wildman–Crippen MR) is 101 cm³/mol. The number of carbonyl (C=O) groups excluding carboxylic acids is 1. The van der Waals surface area contributed by atoms with Gasteiger partial charge in [0.25, 0.3) is 5.91 Å². The topological polar surface area (TPSA) is 94.5 Å². The first-order chi connectivity index (χ1) is 12.8. The molecule has 6 nitrogen and oxygen atoms in total. The van der Waals surface area contributed by atoms with Crippen LogP contribution in [0.2, 0.25) is 0 Å². The third-order valence-electron chi connectivity index (χ3n) is 3.72. The van der Waals surface area contributed by atoms with Crippen LogP contribution in [0.5, 0.6) is 0 Å². The van der Waals surface area contributed by atoms with Gasteiger partial charge in [0, 0.05) is 0 Å². The second-order valence-corrected chi connectivity index (χ2v) is 8.23. The summed E-state index contributed by atoms with van der Waals surface area (Å²) in [5, 5.41) is 5.16. The molecule has 138 valence electrons. The van der Waals surface area contributed by atoms with E-state index in [4.69, 9.17) is 11.6 Å². The molecule has 0 atom stereocenters. The normalized spacial score (nSPS) is 12.3. The van der Waals surface area contributed by atoms with Gasteiger partial charge in [0.1, 0.15) is 5.82 Å². The Morgan fingerprint density at radius 2 is 1.96 bits per heavy atom. The first-order valence-electron chi connectivity index (χ1n) is 7.69. The Morgan fingerprint density at radius 3 is 2.59 bits per heavy atom. The van der Waals surface area contributed by atoms with Gasteiger partial charge >= 0.3 is 0 Å². The number of hydrogen-bond acceptors (Lipinski definition) is 4. The van der Waals surface area contributed by atoms with E-state index in [1.807, 2.05) is 0 Å². The van der Waals surface area contributed by atoms with Crippen LogP contribution in [0.3, 0.4) is 0 Å². The fourth-order valence-corrected chi connectivity index (χ4v) is 4.18. The van der Waals surface area contributed by atoms with Gasteiger partial charge in [-0.2, -0.15) is 4.99 Å². The van der Waals surface area contributed by atoms with E-state index >= 15 is 0 Å². The molecule has 9 heteroatoms. The number of rotatable bonds is 4. The van der Waals surface area contributed by atoms with Crippen molar-refractivity contribution in [3.8, 4) is 12.3 Å². The molecule has 3 rings (SSSR count). The summed E-state index contributed by atoms with van der Waals surface area (Å²) in [5.74, 6) is 1.68. The van der Waals surface area contributed by atoms with E-state index in [1.54, 1.807) is 10.6 Å². The van der Waals surface area contributed by atoms with Gasteiger partial charge < -0.3 is 4.57 Å². The zero-order valence-corrected chi connectivity index (χ0v) is 15.6. The molecule has 3 aromatic rings. The fraction of sp³-hybridized carbons (Fsp3) is 0.111. The van der Waals surface area contributed by atoms with Crippen molar-refractivity contribution in [3.63, 3.8) is 0 Å². The van der Waals surface area contributed by atoms with Crippen molar-refractivity contribution in [1.82, 2.24) is 4.57 Å². The van der Waals surface area contributed by atoms with Gasteiger partial charge in [0.05, 0.1) is 28.1 Å². The lowest BCUT2D eigenvalue weighted by Gasteiger charge is -2.01. The highest BCUT2D eigenvalue weighted by molar-refractivity contribution is 7.89. The summed E-state index contributed by atoms with van der Waals surface area (Å²) in [4.78, 5) is 16.7. The maximum atomic E-state index is 13.0. The van der Waals surface area contributed by atoms with Crippen LogP contribution in [0.4, 0.5) is 4.39 Å². The number of fused-ring (bicyclic) bond motifs is 1. The monoisotopic (exact) mass is 403 g/mol. The minimum atomic E-state index is -3.85. The third-order valence-corrected chi connectivity index (χ3v) is 5.67. The van der Waals surface area contributed by atoms with Gasteiger partial charge in [-0.1, -0.05) is 29.4 Å². The highest BCUT2D eigenvalue weighted by Crippen LogP contribution is 2.21. The number of benzene rings is 2. The van der Waals surface area contributed by atoms with Crippen LogP contribution in [-0.4, -0.2) is 18.9 Å². The Labute approximate surface area is 158 Å². The zero-order valence-electron chi connectivity index (χ0n) is 13.9. The number of terminal acetylenes is 1. The summed E-state index contributed by atoms with van der Waals surface area (Å²) in [7, 11) is -3.85. The third kappa shape index (κ3) is 4.31. The number of thiazole rings is 1. The number of amides is 1. The number of aromatic nitrogens is 1. The molecule has 0 aliphatic heterocycles. The minimum Gasteiger partial charge on any atom is -0.305 e. The Bertz CT molecular complexity index is 1230. The van der Waals surface area contributed by atoms with Crippen molar-refractivity contribution < 1.29 is 17.6 Å². The minimum absolute atomic E-state index is 0.00695. The van der Waals surface area contributed by atoms with Crippen molar-refractivity contribution >= 4 is 37.5 Å². The summed E-state index contributed by atoms with van der Waals surface area (Å²) in [5.41, 5.74) is 1.28. The van der Waals surface area contributed by atoms with Crippen molar-refractivity contribution in [2.24, 2.45) is 10.1 Å². The van der Waals surface area contributed by atoms with Crippen LogP contribution in [0, 0.1) is 18.2 Å². The molecule has 0 fully saturated rings. The van der Waals surface area contributed by atoms with Crippen LogP contribution in [0.1, 0.15) is 5.56 Å². The number of halogens is 1. The summed E-state index contributed by atoms with van der Waals surface area (Å²) >= 11 is 1.14. The molecule has 2 aromatic carbocycles. The van der Waals surface area contributed by atoms with E-state index in [-0.39, 0.29) is 23.7 Å². The molecule has 0 saturated carbocycles. The molecule has 2 N–H and O–H groups in total. The second kappa shape index (κ2) is 7.44. The average molecular weight is 403 g/mol. The maximum Gasteiger partial charge on any atom is 0.252 e. The molecule has 1 amide bonds. The molecule has 0 aliphatic rings. The summed E-state index contributed by atoms with van der Waals surface area (Å²) < 4.78 is 38.3. The summed E-state index contributed by atoms with van der Waals surface area (Å²) in [6, 6.07) is 9.95. The average Bonchev–Trinajstić information content (AvgIpc) is 2.93. The lowest BCUT2D eigenvalue weighted by molar-refractivity contribution is -0.117. The van der Waals surface area contributed by atoms with Gasteiger partial charge in [-0.25, -0.2) is 17.9 Å². The lowest BCUT2D eigenvalue weighted by atomic mass is 10.1. The molecule has 0 spiro atoms. The van der Waals surface area contributed by atoms with Gasteiger partial charge in [-0.05, 0) is 35.9 Å². The van der Waals surface area contributed by atoms with Crippen molar-refractivity contribution in [2.75, 3.05) is 0 Å². The molecule has 1 aromatic heterocycles. The molecule has 27 heavy (non-hydrogen) atoms. The Hall–Kier alpha value is -2.80. The Morgan fingerprint density at radius 1 is 1.26 bits per heavy atom. The van der Waals surface area contributed by atoms with E-state index in [0.29, 0.717) is 20.6 Å². The van der Waals surface area contributed by atoms with Crippen molar-refractivity contribution in [1.29, 1.82) is 0 Å². The number of carbonyl (C=O) groups is 1. The van der Waals surface area contributed by atoms with Gasteiger partial charge in [0.15, 0.2) is 4.80 Å². The van der Waals surface area contributed by atoms with Gasteiger partial charge in [-0.3, -0.25) is 4.79 Å². The highest BCUT2D eigenvalue weighted by atomic mass is 32.2. The van der Waals surface area contributed by atoms with Crippen LogP contribution in [-0.2, 0) is 27.8 Å². The quantitative estimate of drug-likeness (QED) is 0.673. The standard InChI is InChI=1S/C18H14FN3O3S2/c1-2-9-22-15-8-7-14(27(20,24)25)11-16(15)26-18(22)21-17(23)10-12-3-5-13(19)6-4-12/h1,3-8,11H,9-10H2,(H2,20,24,25). The smallest absolute Gasteiger partial charge is 0.252 e. The summed E-state index contributed by atoms with van der Waals surface area (Å²) in [6.07, 6.45) is 5.41. The molecular formula is C18H14FN3O3S2. The maximum absolute atomic E-state index is 13.0. The molecule has 0 unspecified atom stereocenters. The second-order valence-electron chi connectivity index (χ2n) is 5.66. The molecule has 0 bridgehead atoms. The number of nitrogens with two attached hydrogens (primary N) is 1. The fourth-order valence-electron chi connectivity index (χ4n) is 2.48. The Balaban J connectivity index is 2.04. The number of nitrogens with zero attached hydrogens (tertiary/aromatic N) is 2. The zero-order chi connectivity index (χ0) is 19.6. The van der Waals surface area contributed by atoms with Crippen LogP contribution in [0.25, 0.3) is 10.2 Å². The van der Waals surface area contributed by atoms with Crippen LogP contribution >= 0.6 is 11.3 Å².